The van der Waals surface area contributed by atoms with Crippen LogP contribution in [-0.4, -0.2) is 15.0 Å². The van der Waals surface area contributed by atoms with Crippen molar-refractivity contribution in [1.82, 2.24) is 4.72 Å². The fourth-order valence-electron chi connectivity index (χ4n) is 2.16. The Balaban J connectivity index is 2.24. The highest BCUT2D eigenvalue weighted by atomic mass is 35.5. The molecule has 0 aliphatic carbocycles. The van der Waals surface area contributed by atoms with E-state index in [1.54, 1.807) is 26.0 Å². The van der Waals surface area contributed by atoms with Crippen LogP contribution in [0.5, 0.6) is 5.75 Å². The zero-order valence-electron chi connectivity index (χ0n) is 13.0. The van der Waals surface area contributed by atoms with E-state index in [9.17, 15) is 17.2 Å². The number of nitrogens with one attached hydrogen (secondary N) is 1. The number of aryl methyl sites for hydroxylation is 2. The molecule has 0 spiro atoms. The zero-order valence-corrected chi connectivity index (χ0v) is 14.6. The molecule has 8 heteroatoms. The van der Waals surface area contributed by atoms with Crippen molar-refractivity contribution in [1.29, 1.82) is 0 Å². The minimum absolute atomic E-state index is 0.0702. The van der Waals surface area contributed by atoms with Crippen molar-refractivity contribution in [3.05, 3.63) is 58.1 Å². The third-order valence-corrected chi connectivity index (χ3v) is 5.34. The van der Waals surface area contributed by atoms with Gasteiger partial charge in [-0.1, -0.05) is 29.8 Å². The van der Waals surface area contributed by atoms with Gasteiger partial charge >= 0.3 is 6.61 Å². The van der Waals surface area contributed by atoms with Gasteiger partial charge in [-0.3, -0.25) is 0 Å². The Bertz CT molecular complexity index is 841. The molecule has 0 amide bonds. The molecule has 4 nitrogen and oxygen atoms in total. The summed E-state index contributed by atoms with van der Waals surface area (Å²) in [5, 5.41) is 0.474. The summed E-state index contributed by atoms with van der Waals surface area (Å²) in [6, 6.07) is 9.05. The van der Waals surface area contributed by atoms with Gasteiger partial charge in [0.05, 0.1) is 4.90 Å². The molecule has 0 bridgehead atoms. The molecule has 2 aromatic rings. The predicted molar refractivity (Wildman–Crippen MR) is 88.0 cm³/mol. The number of hydrogen-bond donors (Lipinski definition) is 1. The fraction of sp³-hybridized carbons (Fsp3) is 0.250. The summed E-state index contributed by atoms with van der Waals surface area (Å²) < 4.78 is 56.5. The standard InChI is InChI=1S/C16H16ClF2NO3S/c1-10-8-15(11(2)7-13(10)17)24(21,22)20-9-12-5-3-4-6-14(12)23-16(18)19/h3-8,16,20H,9H2,1-2H3. The topological polar surface area (TPSA) is 55.4 Å². The van der Waals surface area contributed by atoms with E-state index in [2.05, 4.69) is 9.46 Å². The zero-order chi connectivity index (χ0) is 17.9. The second-order valence-electron chi connectivity index (χ2n) is 5.18. The van der Waals surface area contributed by atoms with Crippen LogP contribution in [0.2, 0.25) is 5.02 Å². The molecular formula is C16H16ClF2NO3S. The van der Waals surface area contributed by atoms with E-state index in [0.29, 0.717) is 21.7 Å². The first-order valence-corrected chi connectivity index (χ1v) is 8.86. The van der Waals surface area contributed by atoms with Gasteiger partial charge in [-0.2, -0.15) is 8.78 Å². The van der Waals surface area contributed by atoms with Gasteiger partial charge < -0.3 is 4.74 Å². The summed E-state index contributed by atoms with van der Waals surface area (Å²) in [7, 11) is -3.83. The number of para-hydroxylation sites is 1. The van der Waals surface area contributed by atoms with E-state index < -0.39 is 16.6 Å². The summed E-state index contributed by atoms with van der Waals surface area (Å²) in [5.41, 5.74) is 1.43. The van der Waals surface area contributed by atoms with Crippen molar-refractivity contribution in [3.8, 4) is 5.75 Å². The van der Waals surface area contributed by atoms with Crippen LogP contribution in [0.25, 0.3) is 0 Å². The largest absolute Gasteiger partial charge is 0.434 e. The summed E-state index contributed by atoms with van der Waals surface area (Å²) in [6.07, 6.45) is 0. The Labute approximate surface area is 144 Å². The lowest BCUT2D eigenvalue weighted by molar-refractivity contribution is -0.0504. The Kier molecular flexibility index (Phi) is 5.79. The second kappa shape index (κ2) is 7.46. The van der Waals surface area contributed by atoms with Gasteiger partial charge in [0.15, 0.2) is 0 Å². The summed E-state index contributed by atoms with van der Waals surface area (Å²) in [6.45, 7) is 0.177. The Morgan fingerprint density at radius 1 is 1.17 bits per heavy atom. The predicted octanol–water partition coefficient (Wildman–Crippen LogP) is 4.04. The van der Waals surface area contributed by atoms with Crippen molar-refractivity contribution >= 4 is 21.6 Å². The number of rotatable bonds is 6. The number of benzene rings is 2. The summed E-state index contributed by atoms with van der Waals surface area (Å²) in [5.74, 6) is -0.0702. The molecule has 0 radical (unpaired) electrons. The lowest BCUT2D eigenvalue weighted by Crippen LogP contribution is -2.24. The SMILES string of the molecule is Cc1cc(S(=O)(=O)NCc2ccccc2OC(F)F)c(C)cc1Cl. The minimum atomic E-state index is -3.83. The monoisotopic (exact) mass is 375 g/mol. The lowest BCUT2D eigenvalue weighted by atomic mass is 10.2. The third-order valence-electron chi connectivity index (χ3n) is 3.39. The molecule has 2 rings (SSSR count). The van der Waals surface area contributed by atoms with Crippen molar-refractivity contribution in [2.75, 3.05) is 0 Å². The van der Waals surface area contributed by atoms with Gasteiger partial charge in [0.25, 0.3) is 0 Å². The number of ether oxygens (including phenoxy) is 1. The highest BCUT2D eigenvalue weighted by Crippen LogP contribution is 2.25. The molecule has 2 aromatic carbocycles. The Hall–Kier alpha value is -1.70. The molecule has 0 aliphatic rings. The van der Waals surface area contributed by atoms with Crippen molar-refractivity contribution in [3.63, 3.8) is 0 Å². The fourth-order valence-corrected chi connectivity index (χ4v) is 3.69. The average molecular weight is 376 g/mol. The highest BCUT2D eigenvalue weighted by molar-refractivity contribution is 7.89. The Morgan fingerprint density at radius 3 is 2.50 bits per heavy atom. The van der Waals surface area contributed by atoms with Gasteiger partial charge in [0.1, 0.15) is 5.75 Å². The van der Waals surface area contributed by atoms with Gasteiger partial charge in [0.2, 0.25) is 10.0 Å². The quantitative estimate of drug-likeness (QED) is 0.829. The third kappa shape index (κ3) is 4.43. The first kappa shape index (κ1) is 18.6. The van der Waals surface area contributed by atoms with Crippen molar-refractivity contribution in [2.45, 2.75) is 31.9 Å². The van der Waals surface area contributed by atoms with Crippen LogP contribution in [0.4, 0.5) is 8.78 Å². The van der Waals surface area contributed by atoms with Gasteiger partial charge in [-0.15, -0.1) is 0 Å². The van der Waals surface area contributed by atoms with Crippen LogP contribution in [0.1, 0.15) is 16.7 Å². The van der Waals surface area contributed by atoms with E-state index in [1.165, 1.54) is 24.3 Å². The summed E-state index contributed by atoms with van der Waals surface area (Å²) >= 11 is 5.98. The van der Waals surface area contributed by atoms with Crippen LogP contribution in [0.3, 0.4) is 0 Å². The molecule has 0 heterocycles. The number of sulfonamides is 1. The smallest absolute Gasteiger partial charge is 0.387 e. The van der Waals surface area contributed by atoms with Crippen LogP contribution in [-0.2, 0) is 16.6 Å². The molecule has 0 aliphatic heterocycles. The molecule has 0 aromatic heterocycles. The number of alkyl halides is 2. The molecule has 0 saturated heterocycles. The highest BCUT2D eigenvalue weighted by Gasteiger charge is 2.19. The molecule has 0 unspecified atom stereocenters. The maximum Gasteiger partial charge on any atom is 0.387 e. The lowest BCUT2D eigenvalue weighted by Gasteiger charge is -2.13. The van der Waals surface area contributed by atoms with Gasteiger partial charge in [-0.05, 0) is 43.2 Å². The van der Waals surface area contributed by atoms with E-state index >= 15 is 0 Å². The van der Waals surface area contributed by atoms with E-state index in [0.717, 1.165) is 0 Å². The van der Waals surface area contributed by atoms with Crippen molar-refractivity contribution in [2.24, 2.45) is 0 Å². The molecule has 24 heavy (non-hydrogen) atoms. The van der Waals surface area contributed by atoms with Crippen molar-refractivity contribution < 1.29 is 21.9 Å². The Morgan fingerprint density at radius 2 is 1.83 bits per heavy atom. The second-order valence-corrected chi connectivity index (χ2v) is 7.32. The summed E-state index contributed by atoms with van der Waals surface area (Å²) in [4.78, 5) is 0.0941. The first-order chi connectivity index (χ1) is 11.2. The normalized spacial score (nSPS) is 11.8. The van der Waals surface area contributed by atoms with Crippen LogP contribution < -0.4 is 9.46 Å². The maximum atomic E-state index is 12.5. The maximum absolute atomic E-state index is 12.5. The average Bonchev–Trinajstić information content (AvgIpc) is 2.49. The van der Waals surface area contributed by atoms with Crippen LogP contribution >= 0.6 is 11.6 Å². The minimum Gasteiger partial charge on any atom is -0.434 e. The van der Waals surface area contributed by atoms with Gasteiger partial charge in [-0.25, -0.2) is 13.1 Å². The molecule has 1 N–H and O–H groups in total. The first-order valence-electron chi connectivity index (χ1n) is 7.00. The molecular weight excluding hydrogens is 360 g/mol. The van der Waals surface area contributed by atoms with E-state index in [-0.39, 0.29) is 17.2 Å². The van der Waals surface area contributed by atoms with E-state index in [4.69, 9.17) is 11.6 Å². The molecule has 130 valence electrons. The molecule has 0 atom stereocenters. The number of halogens is 3. The molecule has 0 saturated carbocycles. The number of hydrogen-bond acceptors (Lipinski definition) is 3. The van der Waals surface area contributed by atoms with Crippen LogP contribution in [0.15, 0.2) is 41.3 Å². The van der Waals surface area contributed by atoms with Crippen LogP contribution in [0, 0.1) is 13.8 Å². The van der Waals surface area contributed by atoms with E-state index in [1.807, 2.05) is 0 Å². The molecule has 0 fully saturated rings. The van der Waals surface area contributed by atoms with Gasteiger partial charge in [0, 0.05) is 17.1 Å².